The van der Waals surface area contributed by atoms with E-state index in [0.29, 0.717) is 5.92 Å². The predicted molar refractivity (Wildman–Crippen MR) is 242 cm³/mol. The first-order chi connectivity index (χ1) is 28.1. The van der Waals surface area contributed by atoms with E-state index in [4.69, 9.17) is 9.98 Å². The predicted octanol–water partition coefficient (Wildman–Crippen LogP) is 14.0. The van der Waals surface area contributed by atoms with Gasteiger partial charge in [-0.1, -0.05) is 147 Å². The second-order valence-electron chi connectivity index (χ2n) is 15.3. The molecule has 7 aromatic carbocycles. The number of para-hydroxylation sites is 2. The molecule has 1 unspecified atom stereocenters. The van der Waals surface area contributed by atoms with Gasteiger partial charge in [0.05, 0.1) is 22.4 Å². The number of H-pyrrole nitrogens is 2. The van der Waals surface area contributed by atoms with Crippen LogP contribution >= 0.6 is 0 Å². The Hall–Kier alpha value is -7.04. The van der Waals surface area contributed by atoms with Crippen LogP contribution < -0.4 is 0 Å². The first kappa shape index (κ1) is 34.5. The van der Waals surface area contributed by atoms with E-state index in [0.717, 1.165) is 62.2 Å². The minimum Gasteiger partial charge on any atom is -0.361 e. The third-order valence-electron chi connectivity index (χ3n) is 11.6. The molecule has 274 valence electrons. The zero-order chi connectivity index (χ0) is 38.3. The van der Waals surface area contributed by atoms with Crippen molar-refractivity contribution >= 4 is 62.5 Å². The highest BCUT2D eigenvalue weighted by Gasteiger charge is 2.21. The van der Waals surface area contributed by atoms with Gasteiger partial charge in [0, 0.05) is 69.2 Å². The lowest BCUT2D eigenvalue weighted by atomic mass is 9.86. The molecule has 0 spiro atoms. The van der Waals surface area contributed by atoms with Gasteiger partial charge in [-0.25, -0.2) is 0 Å². The highest BCUT2D eigenvalue weighted by Crippen LogP contribution is 2.44. The summed E-state index contributed by atoms with van der Waals surface area (Å²) < 4.78 is 0. The minimum absolute atomic E-state index is 0.0833. The van der Waals surface area contributed by atoms with Crippen LogP contribution in [0.3, 0.4) is 0 Å². The molecule has 2 aromatic heterocycles. The van der Waals surface area contributed by atoms with Crippen molar-refractivity contribution in [1.82, 2.24) is 9.97 Å². The van der Waals surface area contributed by atoms with E-state index < -0.39 is 0 Å². The lowest BCUT2D eigenvalue weighted by Crippen LogP contribution is -2.04. The highest BCUT2D eigenvalue weighted by molar-refractivity contribution is 6.04. The van der Waals surface area contributed by atoms with Gasteiger partial charge >= 0.3 is 0 Å². The summed E-state index contributed by atoms with van der Waals surface area (Å²) in [5.74, 6) is 0.563. The number of rotatable bonds is 8. The maximum absolute atomic E-state index is 5.31. The molecule has 1 aliphatic rings. The molecule has 2 N–H and O–H groups in total. The fourth-order valence-corrected chi connectivity index (χ4v) is 8.61. The Morgan fingerprint density at radius 2 is 1.25 bits per heavy atom. The van der Waals surface area contributed by atoms with Gasteiger partial charge in [0.2, 0.25) is 0 Å². The van der Waals surface area contributed by atoms with E-state index in [9.17, 15) is 0 Å². The number of nitrogens with one attached hydrogen (secondary N) is 2. The van der Waals surface area contributed by atoms with E-state index in [1.54, 1.807) is 0 Å². The number of fused-ring (bicyclic) bond motifs is 4. The Bertz CT molecular complexity index is 2950. The average Bonchev–Trinajstić information content (AvgIpc) is 3.93. The van der Waals surface area contributed by atoms with Crippen molar-refractivity contribution in [2.24, 2.45) is 15.9 Å². The number of hydrogen-bond donors (Lipinski definition) is 2. The number of hydrogen-bond acceptors (Lipinski definition) is 2. The molecule has 1 aliphatic carbocycles. The van der Waals surface area contributed by atoms with Gasteiger partial charge < -0.3 is 9.97 Å². The first-order valence-electron chi connectivity index (χ1n) is 19.8. The molecule has 4 nitrogen and oxygen atoms in total. The van der Waals surface area contributed by atoms with Gasteiger partial charge in [-0.05, 0) is 75.4 Å². The molecule has 0 aliphatic heterocycles. The number of aromatic nitrogens is 2. The van der Waals surface area contributed by atoms with Crippen LogP contribution in [0.25, 0.3) is 60.9 Å². The molecule has 4 heteroatoms. The van der Waals surface area contributed by atoms with E-state index in [1.165, 1.54) is 43.8 Å². The Labute approximate surface area is 333 Å². The summed E-state index contributed by atoms with van der Waals surface area (Å²) in [7, 11) is 0. The second-order valence-corrected chi connectivity index (χ2v) is 15.3. The number of aromatic amines is 2. The molecule has 2 heterocycles. The van der Waals surface area contributed by atoms with Crippen LogP contribution in [0.15, 0.2) is 174 Å². The minimum atomic E-state index is 0.0833. The molecule has 9 aromatic rings. The standard InChI is InChI=1S/C53H42N4/c1-34-23-24-40-28-39-17-9-10-21-44(39)52(46(40)27-34)55-32-42-20-12-22-45-49(33-57-51(42)45)35(2)43-29-47(36-13-5-3-6-14-36)53(48(30-43)37-15-7-4-8-16-37)56-31-41-19-11-18-38-25-26-54-50(38)41/h3-26,28-35,54,57H,27H2,1-2H3/t34?,35-/m1/s1. The van der Waals surface area contributed by atoms with Crippen molar-refractivity contribution in [2.75, 3.05) is 0 Å². The summed E-state index contributed by atoms with van der Waals surface area (Å²) >= 11 is 0. The summed E-state index contributed by atoms with van der Waals surface area (Å²) in [4.78, 5) is 17.7. The molecule has 0 saturated carbocycles. The molecule has 0 bridgehead atoms. The molecular weight excluding hydrogens is 693 g/mol. The number of benzene rings is 7. The van der Waals surface area contributed by atoms with E-state index in [2.05, 4.69) is 194 Å². The Morgan fingerprint density at radius 3 is 2.00 bits per heavy atom. The van der Waals surface area contributed by atoms with E-state index in [1.807, 2.05) is 12.4 Å². The number of allylic oxidation sites excluding steroid dienone is 1. The Morgan fingerprint density at radius 1 is 0.614 bits per heavy atom. The van der Waals surface area contributed by atoms with Crippen molar-refractivity contribution in [3.8, 4) is 22.3 Å². The van der Waals surface area contributed by atoms with Crippen LogP contribution in [0.1, 0.15) is 53.1 Å². The van der Waals surface area contributed by atoms with Crippen molar-refractivity contribution in [3.63, 3.8) is 0 Å². The summed E-state index contributed by atoms with van der Waals surface area (Å²) in [5.41, 5.74) is 15.9. The Balaban J connectivity index is 1.09. The molecule has 0 amide bonds. The zero-order valence-corrected chi connectivity index (χ0v) is 32.1. The van der Waals surface area contributed by atoms with Crippen LogP contribution in [-0.4, -0.2) is 22.4 Å². The van der Waals surface area contributed by atoms with Crippen LogP contribution in [-0.2, 0) is 6.42 Å². The quantitative estimate of drug-likeness (QED) is 0.146. The van der Waals surface area contributed by atoms with Gasteiger partial charge in [0.1, 0.15) is 0 Å². The Kier molecular flexibility index (Phi) is 8.80. The molecular formula is C53H42N4. The van der Waals surface area contributed by atoms with Gasteiger partial charge in [-0.2, -0.15) is 0 Å². The highest BCUT2D eigenvalue weighted by atomic mass is 14.8. The van der Waals surface area contributed by atoms with E-state index >= 15 is 0 Å². The average molecular weight is 735 g/mol. The molecule has 10 rings (SSSR count). The van der Waals surface area contributed by atoms with Gasteiger partial charge in [0.25, 0.3) is 0 Å². The number of nitrogens with zero attached hydrogens (tertiary/aromatic N) is 2. The van der Waals surface area contributed by atoms with Gasteiger partial charge in [-0.15, -0.1) is 0 Å². The number of aliphatic imine (C=N–C) groups is 2. The summed E-state index contributed by atoms with van der Waals surface area (Å²) in [6.07, 6.45) is 13.8. The largest absolute Gasteiger partial charge is 0.361 e. The fourth-order valence-electron chi connectivity index (χ4n) is 8.61. The second kappa shape index (κ2) is 14.6. The molecule has 57 heavy (non-hydrogen) atoms. The fraction of sp³-hybridized carbons (Fsp3) is 0.0943. The van der Waals surface area contributed by atoms with Gasteiger partial charge in [-0.3, -0.25) is 9.98 Å². The first-order valence-corrected chi connectivity index (χ1v) is 19.8. The van der Waals surface area contributed by atoms with Crippen molar-refractivity contribution in [1.29, 1.82) is 0 Å². The van der Waals surface area contributed by atoms with Crippen molar-refractivity contribution < 1.29 is 0 Å². The normalized spacial score (nSPS) is 14.7. The van der Waals surface area contributed by atoms with Crippen LogP contribution in [0.5, 0.6) is 0 Å². The smallest absolute Gasteiger partial charge is 0.0786 e. The molecule has 0 radical (unpaired) electrons. The lowest BCUT2D eigenvalue weighted by Gasteiger charge is -2.19. The summed E-state index contributed by atoms with van der Waals surface area (Å²) in [5, 5.41) is 4.78. The summed E-state index contributed by atoms with van der Waals surface area (Å²) in [6.45, 7) is 4.59. The molecule has 0 fully saturated rings. The molecule has 2 atom stereocenters. The maximum Gasteiger partial charge on any atom is 0.0786 e. The zero-order valence-electron chi connectivity index (χ0n) is 32.1. The van der Waals surface area contributed by atoms with Crippen LogP contribution in [0.2, 0.25) is 0 Å². The molecule has 0 saturated heterocycles. The summed E-state index contributed by atoms with van der Waals surface area (Å²) in [6, 6.07) is 51.9. The third-order valence-corrected chi connectivity index (χ3v) is 11.6. The van der Waals surface area contributed by atoms with Crippen LogP contribution in [0.4, 0.5) is 11.4 Å². The monoisotopic (exact) mass is 734 g/mol. The van der Waals surface area contributed by atoms with Gasteiger partial charge in [0.15, 0.2) is 0 Å². The van der Waals surface area contributed by atoms with E-state index in [-0.39, 0.29) is 5.92 Å². The lowest BCUT2D eigenvalue weighted by molar-refractivity contribution is 0.718. The maximum atomic E-state index is 5.31. The SMILES string of the molecule is CC1C=Cc2cc3ccccc3c(N=Cc3cccc4c([C@H](C)c5cc(-c6ccccc6)c(N=Cc6cccc7cc[nH]c67)c(-c6ccccc6)c5)c[nH]c34)c2C1. The third kappa shape index (κ3) is 6.39. The van der Waals surface area contributed by atoms with Crippen molar-refractivity contribution in [2.45, 2.75) is 26.2 Å². The van der Waals surface area contributed by atoms with Crippen LogP contribution in [0, 0.1) is 5.92 Å². The topological polar surface area (TPSA) is 56.3 Å². The van der Waals surface area contributed by atoms with Crippen molar-refractivity contribution in [3.05, 3.63) is 197 Å².